The molecule has 0 saturated heterocycles. The van der Waals surface area contributed by atoms with Crippen LogP contribution in [0.2, 0.25) is 0 Å². The minimum absolute atomic E-state index is 0.313. The van der Waals surface area contributed by atoms with E-state index in [1.54, 1.807) is 0 Å². The van der Waals surface area contributed by atoms with Crippen molar-refractivity contribution < 1.29 is 26.7 Å². The van der Waals surface area contributed by atoms with Gasteiger partial charge in [-0.15, -0.1) is 0 Å². The first-order valence-corrected chi connectivity index (χ1v) is 6.86. The number of rotatable bonds is 6. The highest BCUT2D eigenvalue weighted by Gasteiger charge is 2.30. The molecule has 0 saturated carbocycles. The van der Waals surface area contributed by atoms with Gasteiger partial charge in [0.05, 0.1) is 13.2 Å². The van der Waals surface area contributed by atoms with Crippen molar-refractivity contribution in [1.82, 2.24) is 4.31 Å². The molecule has 0 spiro atoms. The molecule has 0 aliphatic rings. The number of nitrogens with zero attached hydrogens (tertiary/aromatic N) is 2. The van der Waals surface area contributed by atoms with Crippen molar-refractivity contribution in [1.29, 1.82) is 5.26 Å². The van der Waals surface area contributed by atoms with Crippen LogP contribution in [0.1, 0.15) is 5.56 Å². The first-order valence-electron chi connectivity index (χ1n) is 5.42. The zero-order valence-corrected chi connectivity index (χ0v) is 10.9. The van der Waals surface area contributed by atoms with E-state index >= 15 is 0 Å². The molecular formula is C11H11F3N2O3S. The van der Waals surface area contributed by atoms with Gasteiger partial charge in [0.25, 0.3) is 6.43 Å². The lowest BCUT2D eigenvalue weighted by Gasteiger charge is -2.21. The standard InChI is InChI=1S/C11H11F3N2O3S/c12-9-2-1-3-10(8(9)6-15)20(18,19)16(4-5-17)7-11(13)14/h1-3,11,17H,4-5,7H2. The van der Waals surface area contributed by atoms with Crippen molar-refractivity contribution in [2.24, 2.45) is 0 Å². The number of alkyl halides is 2. The fourth-order valence-corrected chi connectivity index (χ4v) is 3.10. The van der Waals surface area contributed by atoms with Gasteiger partial charge in [-0.1, -0.05) is 6.07 Å². The lowest BCUT2D eigenvalue weighted by molar-refractivity contribution is 0.113. The summed E-state index contributed by atoms with van der Waals surface area (Å²) in [6.45, 7) is -2.40. The highest BCUT2D eigenvalue weighted by atomic mass is 32.2. The van der Waals surface area contributed by atoms with E-state index in [1.807, 2.05) is 0 Å². The van der Waals surface area contributed by atoms with Crippen LogP contribution >= 0.6 is 0 Å². The zero-order chi connectivity index (χ0) is 15.3. The summed E-state index contributed by atoms with van der Waals surface area (Å²) in [7, 11) is -4.49. The minimum Gasteiger partial charge on any atom is -0.395 e. The van der Waals surface area contributed by atoms with Gasteiger partial charge in [-0.2, -0.15) is 9.57 Å². The minimum atomic E-state index is -4.49. The molecule has 0 amide bonds. The average molecular weight is 308 g/mol. The van der Waals surface area contributed by atoms with Crippen LogP contribution in [0.25, 0.3) is 0 Å². The predicted octanol–water partition coefficient (Wildman–Crippen LogP) is 0.945. The first-order chi connectivity index (χ1) is 9.34. The second-order valence-electron chi connectivity index (χ2n) is 3.70. The molecule has 1 aromatic rings. The molecule has 0 heterocycles. The monoisotopic (exact) mass is 308 g/mol. The number of benzene rings is 1. The quantitative estimate of drug-likeness (QED) is 0.848. The van der Waals surface area contributed by atoms with Gasteiger partial charge in [-0.3, -0.25) is 0 Å². The summed E-state index contributed by atoms with van der Waals surface area (Å²) in [5.41, 5.74) is -0.746. The van der Waals surface area contributed by atoms with E-state index in [2.05, 4.69) is 0 Å². The zero-order valence-electron chi connectivity index (χ0n) is 10.1. The number of sulfonamides is 1. The lowest BCUT2D eigenvalue weighted by atomic mass is 10.2. The Kier molecular flexibility index (Phi) is 5.50. The summed E-state index contributed by atoms with van der Waals surface area (Å²) in [5, 5.41) is 17.5. The van der Waals surface area contributed by atoms with E-state index in [0.29, 0.717) is 4.31 Å². The van der Waals surface area contributed by atoms with Gasteiger partial charge in [0, 0.05) is 6.54 Å². The maximum atomic E-state index is 13.4. The highest BCUT2D eigenvalue weighted by Crippen LogP contribution is 2.22. The molecule has 0 fully saturated rings. The van der Waals surface area contributed by atoms with Crippen LogP contribution in [0.15, 0.2) is 23.1 Å². The number of aliphatic hydroxyl groups is 1. The molecule has 5 nitrogen and oxygen atoms in total. The lowest BCUT2D eigenvalue weighted by Crippen LogP contribution is -2.37. The van der Waals surface area contributed by atoms with Gasteiger partial charge in [-0.25, -0.2) is 21.6 Å². The molecule has 0 aliphatic heterocycles. The molecule has 110 valence electrons. The summed E-state index contributed by atoms with van der Waals surface area (Å²) in [4.78, 5) is -0.700. The number of halogens is 3. The number of hydrogen-bond donors (Lipinski definition) is 1. The van der Waals surface area contributed by atoms with Crippen molar-refractivity contribution in [3.8, 4) is 6.07 Å². The second kappa shape index (κ2) is 6.69. The smallest absolute Gasteiger partial charge is 0.252 e. The Hall–Kier alpha value is -1.63. The van der Waals surface area contributed by atoms with Crippen molar-refractivity contribution in [2.45, 2.75) is 11.3 Å². The molecule has 1 rings (SSSR count). The van der Waals surface area contributed by atoms with Crippen LogP contribution in [-0.4, -0.2) is 44.0 Å². The molecule has 1 aromatic carbocycles. The first kappa shape index (κ1) is 16.4. The van der Waals surface area contributed by atoms with E-state index in [1.165, 1.54) is 6.07 Å². The van der Waals surface area contributed by atoms with Crippen LogP contribution < -0.4 is 0 Å². The summed E-state index contributed by atoms with van der Waals surface area (Å²) in [5.74, 6) is -1.06. The molecule has 0 aliphatic carbocycles. The Balaban J connectivity index is 3.34. The third kappa shape index (κ3) is 3.47. The predicted molar refractivity (Wildman–Crippen MR) is 63.0 cm³/mol. The molecule has 20 heavy (non-hydrogen) atoms. The Labute approximate surface area is 113 Å². The molecule has 9 heteroatoms. The number of aliphatic hydroxyl groups excluding tert-OH is 1. The van der Waals surface area contributed by atoms with E-state index < -0.39 is 52.4 Å². The van der Waals surface area contributed by atoms with E-state index in [4.69, 9.17) is 10.4 Å². The molecule has 0 radical (unpaired) electrons. The molecule has 1 N–H and O–H groups in total. The van der Waals surface area contributed by atoms with Crippen LogP contribution in [0.5, 0.6) is 0 Å². The Morgan fingerprint density at radius 3 is 2.55 bits per heavy atom. The van der Waals surface area contributed by atoms with Crippen LogP contribution in [0.3, 0.4) is 0 Å². The fourth-order valence-electron chi connectivity index (χ4n) is 1.54. The Bertz CT molecular complexity index is 614. The third-order valence-corrected chi connectivity index (χ3v) is 4.30. The fraction of sp³-hybridized carbons (Fsp3) is 0.364. The van der Waals surface area contributed by atoms with Crippen LogP contribution in [0, 0.1) is 17.1 Å². The summed E-state index contributed by atoms with van der Waals surface area (Å²) >= 11 is 0. The van der Waals surface area contributed by atoms with Gasteiger partial charge >= 0.3 is 0 Å². The van der Waals surface area contributed by atoms with Gasteiger partial charge in [0.15, 0.2) is 0 Å². The molecular weight excluding hydrogens is 297 g/mol. The maximum Gasteiger partial charge on any atom is 0.252 e. The van der Waals surface area contributed by atoms with Crippen molar-refractivity contribution in [3.63, 3.8) is 0 Å². The summed E-state index contributed by atoms with van der Waals surface area (Å²) < 4.78 is 62.8. The largest absolute Gasteiger partial charge is 0.395 e. The number of nitriles is 1. The van der Waals surface area contributed by atoms with E-state index in [9.17, 15) is 21.6 Å². The summed E-state index contributed by atoms with van der Waals surface area (Å²) in [6, 6.07) is 4.29. The second-order valence-corrected chi connectivity index (χ2v) is 5.61. The maximum absolute atomic E-state index is 13.4. The molecule has 0 atom stereocenters. The topological polar surface area (TPSA) is 81.4 Å². The molecule has 0 bridgehead atoms. The summed E-state index contributed by atoms with van der Waals surface area (Å²) in [6.07, 6.45) is -2.96. The van der Waals surface area contributed by atoms with Crippen molar-refractivity contribution in [3.05, 3.63) is 29.6 Å². The van der Waals surface area contributed by atoms with E-state index in [-0.39, 0.29) is 0 Å². The third-order valence-electron chi connectivity index (χ3n) is 2.40. The SMILES string of the molecule is N#Cc1c(F)cccc1S(=O)(=O)N(CCO)CC(F)F. The molecule has 0 unspecified atom stereocenters. The van der Waals surface area contributed by atoms with E-state index in [0.717, 1.165) is 18.2 Å². The van der Waals surface area contributed by atoms with Crippen LogP contribution in [-0.2, 0) is 10.0 Å². The number of hydrogen-bond acceptors (Lipinski definition) is 4. The molecule has 0 aromatic heterocycles. The average Bonchev–Trinajstić information content (AvgIpc) is 2.37. The van der Waals surface area contributed by atoms with Crippen LogP contribution in [0.4, 0.5) is 13.2 Å². The highest BCUT2D eigenvalue weighted by molar-refractivity contribution is 7.89. The van der Waals surface area contributed by atoms with Gasteiger partial charge in [0.2, 0.25) is 10.0 Å². The van der Waals surface area contributed by atoms with Gasteiger partial charge < -0.3 is 5.11 Å². The van der Waals surface area contributed by atoms with Crippen molar-refractivity contribution >= 4 is 10.0 Å². The van der Waals surface area contributed by atoms with Gasteiger partial charge in [-0.05, 0) is 12.1 Å². The Morgan fingerprint density at radius 1 is 1.40 bits per heavy atom. The van der Waals surface area contributed by atoms with Gasteiger partial charge in [0.1, 0.15) is 22.3 Å². The Morgan fingerprint density at radius 2 is 2.05 bits per heavy atom. The van der Waals surface area contributed by atoms with Crippen molar-refractivity contribution in [2.75, 3.05) is 19.7 Å². The normalized spacial score (nSPS) is 11.8.